The maximum absolute atomic E-state index is 12.3. The van der Waals surface area contributed by atoms with E-state index in [0.29, 0.717) is 83.0 Å². The lowest BCUT2D eigenvalue weighted by atomic mass is 10.3. The van der Waals surface area contributed by atoms with Gasteiger partial charge in [-0.05, 0) is 0 Å². The fraction of sp³-hybridized carbons (Fsp3) is 0.800. The van der Waals surface area contributed by atoms with E-state index in [1.807, 2.05) is 0 Å². The first-order valence-electron chi connectivity index (χ1n) is 8.68. The molecule has 0 atom stereocenters. The number of carbonyl (C=O) groups excluding carboxylic acids is 1. The van der Waals surface area contributed by atoms with Crippen molar-refractivity contribution in [1.82, 2.24) is 19.9 Å². The number of hydrogen-bond acceptors (Lipinski definition) is 8. The summed E-state index contributed by atoms with van der Waals surface area (Å²) in [6.45, 7) is 5.01. The smallest absolute Gasteiger partial charge is 0.276 e. The average molecular weight is 389 g/mol. The van der Waals surface area contributed by atoms with E-state index in [1.54, 1.807) is 15.8 Å². The Morgan fingerprint density at radius 1 is 1.12 bits per heavy atom. The Hall–Kier alpha value is -1.24. The summed E-state index contributed by atoms with van der Waals surface area (Å²) in [6.07, 6.45) is 1.61. The summed E-state index contributed by atoms with van der Waals surface area (Å²) in [6, 6.07) is 0. The van der Waals surface area contributed by atoms with Crippen molar-refractivity contribution in [2.45, 2.75) is 6.54 Å². The van der Waals surface area contributed by atoms with Gasteiger partial charge in [0.25, 0.3) is 5.91 Å². The van der Waals surface area contributed by atoms with Gasteiger partial charge in [0, 0.05) is 6.54 Å². The molecule has 0 bridgehead atoms. The average Bonchev–Trinajstić information content (AvgIpc) is 3.12. The van der Waals surface area contributed by atoms with E-state index < -0.39 is 11.2 Å². The van der Waals surface area contributed by atoms with Gasteiger partial charge in [-0.2, -0.15) is 0 Å². The second-order valence-corrected chi connectivity index (χ2v) is 7.33. The summed E-state index contributed by atoms with van der Waals surface area (Å²) < 4.78 is 28.9. The van der Waals surface area contributed by atoms with Crippen molar-refractivity contribution in [3.05, 3.63) is 11.9 Å². The van der Waals surface area contributed by atoms with Crippen LogP contribution in [0.1, 0.15) is 10.5 Å². The molecule has 0 radical (unpaired) electrons. The molecule has 11 heteroatoms. The maximum atomic E-state index is 12.3. The van der Waals surface area contributed by atoms with Crippen molar-refractivity contribution in [2.24, 2.45) is 5.73 Å². The molecule has 1 aliphatic heterocycles. The van der Waals surface area contributed by atoms with E-state index in [9.17, 15) is 9.35 Å². The number of carbonyl (C=O) groups is 1. The number of amides is 1. The van der Waals surface area contributed by atoms with Gasteiger partial charge in [-0.15, -0.1) is 5.10 Å². The number of nitrogens with zero attached hydrogens (tertiary/aromatic N) is 4. The number of rotatable bonds is 12. The zero-order chi connectivity index (χ0) is 18.6. The number of aromatic nitrogens is 3. The van der Waals surface area contributed by atoms with Gasteiger partial charge in [0.15, 0.2) is 5.69 Å². The molecule has 1 aromatic rings. The molecule has 10 nitrogen and oxygen atoms in total. The number of ether oxygens (including phenoxy) is 3. The molecule has 0 saturated carbocycles. The molecule has 1 amide bonds. The minimum Gasteiger partial charge on any atom is -0.616 e. The first-order valence-corrected chi connectivity index (χ1v) is 10.2. The molecule has 2 rings (SSSR count). The molecule has 148 valence electrons. The lowest BCUT2D eigenvalue weighted by Crippen LogP contribution is -2.43. The van der Waals surface area contributed by atoms with Crippen LogP contribution >= 0.6 is 0 Å². The van der Waals surface area contributed by atoms with Gasteiger partial charge in [-0.25, -0.2) is 4.68 Å². The number of nitrogens with two attached hydrogens (primary N) is 1. The first-order chi connectivity index (χ1) is 12.7. The van der Waals surface area contributed by atoms with Crippen LogP contribution in [0.5, 0.6) is 0 Å². The predicted molar refractivity (Wildman–Crippen MR) is 95.3 cm³/mol. The van der Waals surface area contributed by atoms with Crippen LogP contribution in [0, 0.1) is 0 Å². The van der Waals surface area contributed by atoms with E-state index in [1.165, 1.54) is 0 Å². The Morgan fingerprint density at radius 2 is 1.73 bits per heavy atom. The van der Waals surface area contributed by atoms with Gasteiger partial charge in [-0.3, -0.25) is 4.79 Å². The summed E-state index contributed by atoms with van der Waals surface area (Å²) in [4.78, 5) is 14.0. The molecule has 1 fully saturated rings. The van der Waals surface area contributed by atoms with Crippen LogP contribution in [0.25, 0.3) is 0 Å². The van der Waals surface area contributed by atoms with Crippen molar-refractivity contribution in [3.63, 3.8) is 0 Å². The highest BCUT2D eigenvalue weighted by molar-refractivity contribution is 7.91. The van der Waals surface area contributed by atoms with Crippen LogP contribution < -0.4 is 5.73 Å². The normalized spacial score (nSPS) is 15.5. The highest BCUT2D eigenvalue weighted by Crippen LogP contribution is 2.08. The van der Waals surface area contributed by atoms with Gasteiger partial charge >= 0.3 is 0 Å². The Balaban J connectivity index is 1.55. The molecule has 0 aliphatic carbocycles. The SMILES string of the molecule is NCCOCCOCCOCCn1cc(C(=O)N2CC[S+]([O-])CC2)nn1. The quantitative estimate of drug-likeness (QED) is 0.338. The zero-order valence-electron chi connectivity index (χ0n) is 14.9. The molecule has 0 spiro atoms. The fourth-order valence-electron chi connectivity index (χ4n) is 2.29. The molecule has 0 aromatic carbocycles. The third kappa shape index (κ3) is 7.56. The fourth-order valence-corrected chi connectivity index (χ4v) is 3.34. The van der Waals surface area contributed by atoms with Crippen LogP contribution in [-0.2, 0) is 31.9 Å². The zero-order valence-corrected chi connectivity index (χ0v) is 15.7. The third-order valence-corrected chi connectivity index (χ3v) is 4.97. The van der Waals surface area contributed by atoms with E-state index in [-0.39, 0.29) is 5.91 Å². The highest BCUT2D eigenvalue weighted by Gasteiger charge is 2.26. The molecule has 1 saturated heterocycles. The molecule has 1 aliphatic rings. The second kappa shape index (κ2) is 12.2. The molecular weight excluding hydrogens is 362 g/mol. The van der Waals surface area contributed by atoms with E-state index in [2.05, 4.69) is 10.3 Å². The largest absolute Gasteiger partial charge is 0.616 e. The van der Waals surface area contributed by atoms with E-state index in [0.717, 1.165) is 0 Å². The maximum Gasteiger partial charge on any atom is 0.276 e. The minimum atomic E-state index is -0.813. The number of hydrogen-bond donors (Lipinski definition) is 1. The predicted octanol–water partition coefficient (Wildman–Crippen LogP) is -1.51. The summed E-state index contributed by atoms with van der Waals surface area (Å²) in [7, 11) is 0. The van der Waals surface area contributed by atoms with Crippen molar-refractivity contribution >= 4 is 17.1 Å². The van der Waals surface area contributed by atoms with E-state index >= 15 is 0 Å². The lowest BCUT2D eigenvalue weighted by molar-refractivity contribution is 0.0141. The summed E-state index contributed by atoms with van der Waals surface area (Å²) >= 11 is -0.813. The monoisotopic (exact) mass is 389 g/mol. The standard InChI is InChI=1S/C15H27N5O5S/c16-1-5-23-7-9-25-10-8-24-6-2-20-13-14(17-18-20)15(21)19-3-11-26(22)12-4-19/h13H,1-12,16H2. The minimum absolute atomic E-state index is 0.167. The second-order valence-electron chi connectivity index (χ2n) is 5.63. The lowest BCUT2D eigenvalue weighted by Gasteiger charge is -2.27. The Bertz CT molecular complexity index is 524. The molecule has 2 N–H and O–H groups in total. The van der Waals surface area contributed by atoms with E-state index in [4.69, 9.17) is 19.9 Å². The molecular formula is C15H27N5O5S. The van der Waals surface area contributed by atoms with Gasteiger partial charge in [-0.1, -0.05) is 16.4 Å². The van der Waals surface area contributed by atoms with Crippen LogP contribution in [0.4, 0.5) is 0 Å². The van der Waals surface area contributed by atoms with Crippen molar-refractivity contribution in [3.8, 4) is 0 Å². The van der Waals surface area contributed by atoms with Crippen LogP contribution in [0.2, 0.25) is 0 Å². The summed E-state index contributed by atoms with van der Waals surface area (Å²) in [5, 5.41) is 7.86. The molecule has 1 aromatic heterocycles. The van der Waals surface area contributed by atoms with Crippen LogP contribution in [-0.4, -0.2) is 101 Å². The highest BCUT2D eigenvalue weighted by atomic mass is 32.2. The Morgan fingerprint density at radius 3 is 2.38 bits per heavy atom. The molecule has 2 heterocycles. The molecule has 0 unspecified atom stereocenters. The van der Waals surface area contributed by atoms with Crippen LogP contribution in [0.3, 0.4) is 0 Å². The third-order valence-electron chi connectivity index (χ3n) is 3.69. The van der Waals surface area contributed by atoms with Crippen molar-refractivity contribution in [2.75, 3.05) is 70.8 Å². The topological polar surface area (TPSA) is 128 Å². The van der Waals surface area contributed by atoms with Gasteiger partial charge in [0.05, 0.1) is 65.5 Å². The summed E-state index contributed by atoms with van der Waals surface area (Å²) in [5.41, 5.74) is 5.61. The Labute approximate surface area is 156 Å². The summed E-state index contributed by atoms with van der Waals surface area (Å²) in [5.74, 6) is 0.878. The van der Waals surface area contributed by atoms with Gasteiger partial charge in [0.1, 0.15) is 11.5 Å². The van der Waals surface area contributed by atoms with Crippen molar-refractivity contribution < 1.29 is 23.6 Å². The Kier molecular flexibility index (Phi) is 9.89. The van der Waals surface area contributed by atoms with Crippen LogP contribution in [0.15, 0.2) is 6.20 Å². The van der Waals surface area contributed by atoms with Crippen molar-refractivity contribution in [1.29, 1.82) is 0 Å². The molecule has 26 heavy (non-hydrogen) atoms. The van der Waals surface area contributed by atoms with Gasteiger partial charge in [0.2, 0.25) is 0 Å². The first kappa shape index (κ1) is 21.1. The van der Waals surface area contributed by atoms with Gasteiger partial charge < -0.3 is 29.4 Å².